The molecule has 0 heterocycles. The molecule has 0 aliphatic rings. The topological polar surface area (TPSA) is 60.2 Å². The van der Waals surface area contributed by atoms with E-state index in [4.69, 9.17) is 28.9 Å². The predicted octanol–water partition coefficient (Wildman–Crippen LogP) is 3.59. The van der Waals surface area contributed by atoms with Gasteiger partial charge in [0.2, 0.25) is 0 Å². The SMILES string of the molecule is Nc1cc(Cl)c(S(=O)(=O)CCc2ccccc2)cc1Cl. The highest BCUT2D eigenvalue weighted by atomic mass is 35.5. The van der Waals surface area contributed by atoms with Crippen molar-refractivity contribution in [2.45, 2.75) is 11.3 Å². The van der Waals surface area contributed by atoms with Gasteiger partial charge in [-0.2, -0.15) is 0 Å². The second kappa shape index (κ2) is 6.04. The minimum absolute atomic E-state index is 0.0225. The standard InChI is InChI=1S/C14H13Cl2NO2S/c15-11-9-14(12(16)8-13(11)17)20(18,19)7-6-10-4-2-1-3-5-10/h1-5,8-9H,6-7,17H2. The lowest BCUT2D eigenvalue weighted by atomic mass is 10.2. The molecule has 0 fully saturated rings. The number of anilines is 1. The van der Waals surface area contributed by atoms with Crippen LogP contribution in [0, 0.1) is 0 Å². The minimum atomic E-state index is -3.50. The van der Waals surface area contributed by atoms with Crippen LogP contribution in [0.1, 0.15) is 5.56 Å². The Morgan fingerprint density at radius 3 is 2.30 bits per heavy atom. The predicted molar refractivity (Wildman–Crippen MR) is 83.1 cm³/mol. The average Bonchev–Trinajstić information content (AvgIpc) is 2.42. The lowest BCUT2D eigenvalue weighted by Gasteiger charge is -2.08. The molecule has 2 rings (SSSR count). The molecule has 2 N–H and O–H groups in total. The van der Waals surface area contributed by atoms with Gasteiger partial charge in [-0.3, -0.25) is 0 Å². The number of nitrogens with two attached hydrogens (primary N) is 1. The van der Waals surface area contributed by atoms with E-state index in [0.717, 1.165) is 5.56 Å². The first-order valence-electron chi connectivity index (χ1n) is 5.91. The fourth-order valence-electron chi connectivity index (χ4n) is 1.79. The Kier molecular flexibility index (Phi) is 4.58. The maximum absolute atomic E-state index is 12.3. The molecule has 106 valence electrons. The number of benzene rings is 2. The molecule has 0 unspecified atom stereocenters. The Bertz CT molecular complexity index is 715. The average molecular weight is 330 g/mol. The van der Waals surface area contributed by atoms with Gasteiger partial charge in [0.05, 0.1) is 26.4 Å². The summed E-state index contributed by atoms with van der Waals surface area (Å²) in [5.74, 6) is -0.0308. The zero-order valence-corrected chi connectivity index (χ0v) is 12.8. The fourth-order valence-corrected chi connectivity index (χ4v) is 3.92. The van der Waals surface area contributed by atoms with Gasteiger partial charge in [-0.05, 0) is 24.1 Å². The van der Waals surface area contributed by atoms with Gasteiger partial charge >= 0.3 is 0 Å². The zero-order valence-electron chi connectivity index (χ0n) is 10.5. The molecule has 2 aromatic carbocycles. The third-order valence-corrected chi connectivity index (χ3v) is 5.39. The third kappa shape index (κ3) is 3.45. The van der Waals surface area contributed by atoms with Crippen molar-refractivity contribution < 1.29 is 8.42 Å². The molecule has 0 radical (unpaired) electrons. The number of nitrogen functional groups attached to an aromatic ring is 1. The first-order valence-corrected chi connectivity index (χ1v) is 8.32. The van der Waals surface area contributed by atoms with Gasteiger partial charge in [-0.25, -0.2) is 8.42 Å². The molecule has 0 saturated heterocycles. The normalized spacial score (nSPS) is 11.5. The van der Waals surface area contributed by atoms with Gasteiger partial charge in [-0.15, -0.1) is 0 Å². The quantitative estimate of drug-likeness (QED) is 0.872. The lowest BCUT2D eigenvalue weighted by Crippen LogP contribution is -2.10. The number of aryl methyl sites for hydroxylation is 1. The molecule has 0 aromatic heterocycles. The molecule has 0 atom stereocenters. The van der Waals surface area contributed by atoms with Crippen LogP contribution in [0.4, 0.5) is 5.69 Å². The number of halogens is 2. The molecule has 0 aliphatic heterocycles. The molecule has 20 heavy (non-hydrogen) atoms. The van der Waals surface area contributed by atoms with E-state index >= 15 is 0 Å². The van der Waals surface area contributed by atoms with Crippen molar-refractivity contribution in [3.8, 4) is 0 Å². The van der Waals surface area contributed by atoms with E-state index in [-0.39, 0.29) is 26.4 Å². The summed E-state index contributed by atoms with van der Waals surface area (Å²) in [6, 6.07) is 12.1. The molecule has 0 bridgehead atoms. The van der Waals surface area contributed by atoms with E-state index in [0.29, 0.717) is 6.42 Å². The van der Waals surface area contributed by atoms with Crippen molar-refractivity contribution in [3.05, 3.63) is 58.1 Å². The summed E-state index contributed by atoms with van der Waals surface area (Å²) in [6.07, 6.45) is 0.418. The zero-order chi connectivity index (χ0) is 14.8. The van der Waals surface area contributed by atoms with E-state index in [1.807, 2.05) is 30.3 Å². The second-order valence-corrected chi connectivity index (χ2v) is 7.25. The summed E-state index contributed by atoms with van der Waals surface area (Å²) < 4.78 is 24.6. The van der Waals surface area contributed by atoms with E-state index in [1.165, 1.54) is 12.1 Å². The summed E-state index contributed by atoms with van der Waals surface area (Å²) in [7, 11) is -3.50. The maximum Gasteiger partial charge on any atom is 0.180 e. The molecule has 0 spiro atoms. The minimum Gasteiger partial charge on any atom is -0.397 e. The van der Waals surface area contributed by atoms with Crippen LogP contribution >= 0.6 is 23.2 Å². The van der Waals surface area contributed by atoms with Crippen LogP contribution in [0.3, 0.4) is 0 Å². The molecule has 2 aromatic rings. The van der Waals surface area contributed by atoms with Gasteiger partial charge < -0.3 is 5.73 Å². The first kappa shape index (κ1) is 15.2. The summed E-state index contributed by atoms with van der Waals surface area (Å²) in [6.45, 7) is 0. The summed E-state index contributed by atoms with van der Waals surface area (Å²) in [5.41, 5.74) is 6.80. The van der Waals surface area contributed by atoms with Gasteiger partial charge in [0, 0.05) is 0 Å². The van der Waals surface area contributed by atoms with Crippen molar-refractivity contribution >= 4 is 38.7 Å². The lowest BCUT2D eigenvalue weighted by molar-refractivity contribution is 0.595. The Hall–Kier alpha value is -1.23. The number of sulfone groups is 1. The molecular weight excluding hydrogens is 317 g/mol. The molecule has 3 nitrogen and oxygen atoms in total. The van der Waals surface area contributed by atoms with Crippen molar-refractivity contribution in [2.75, 3.05) is 11.5 Å². The van der Waals surface area contributed by atoms with Crippen molar-refractivity contribution in [1.29, 1.82) is 0 Å². The van der Waals surface area contributed by atoms with Crippen LogP contribution in [-0.4, -0.2) is 14.2 Å². The second-order valence-electron chi connectivity index (χ2n) is 4.36. The number of hydrogen-bond donors (Lipinski definition) is 1. The third-order valence-electron chi connectivity index (χ3n) is 2.89. The highest BCUT2D eigenvalue weighted by Gasteiger charge is 2.19. The molecular formula is C14H13Cl2NO2S. The molecule has 0 saturated carbocycles. The van der Waals surface area contributed by atoms with Gasteiger partial charge in [0.15, 0.2) is 9.84 Å². The van der Waals surface area contributed by atoms with E-state index in [1.54, 1.807) is 0 Å². The van der Waals surface area contributed by atoms with Crippen LogP contribution in [0.15, 0.2) is 47.4 Å². The Morgan fingerprint density at radius 2 is 1.65 bits per heavy atom. The number of rotatable bonds is 4. The smallest absolute Gasteiger partial charge is 0.180 e. The van der Waals surface area contributed by atoms with Crippen LogP contribution in [0.2, 0.25) is 10.0 Å². The molecule has 0 aliphatic carbocycles. The van der Waals surface area contributed by atoms with Crippen LogP contribution in [-0.2, 0) is 16.3 Å². The van der Waals surface area contributed by atoms with Gasteiger partial charge in [0.1, 0.15) is 0 Å². The van der Waals surface area contributed by atoms with Crippen molar-refractivity contribution in [2.24, 2.45) is 0 Å². The number of hydrogen-bond acceptors (Lipinski definition) is 3. The van der Waals surface area contributed by atoms with Crippen molar-refractivity contribution in [1.82, 2.24) is 0 Å². The van der Waals surface area contributed by atoms with E-state index in [2.05, 4.69) is 0 Å². The van der Waals surface area contributed by atoms with E-state index in [9.17, 15) is 8.42 Å². The van der Waals surface area contributed by atoms with Gasteiger partial charge in [-0.1, -0.05) is 53.5 Å². The van der Waals surface area contributed by atoms with Crippen LogP contribution in [0.25, 0.3) is 0 Å². The summed E-state index contributed by atoms with van der Waals surface area (Å²) >= 11 is 11.8. The highest BCUT2D eigenvalue weighted by molar-refractivity contribution is 7.91. The van der Waals surface area contributed by atoms with Crippen molar-refractivity contribution in [3.63, 3.8) is 0 Å². The summed E-state index contributed by atoms with van der Waals surface area (Å²) in [4.78, 5) is 0.0225. The molecule has 0 amide bonds. The Morgan fingerprint density at radius 1 is 1.00 bits per heavy atom. The Balaban J connectivity index is 2.25. The first-order chi connectivity index (χ1) is 9.40. The fraction of sp³-hybridized carbons (Fsp3) is 0.143. The largest absolute Gasteiger partial charge is 0.397 e. The van der Waals surface area contributed by atoms with Crippen LogP contribution in [0.5, 0.6) is 0 Å². The monoisotopic (exact) mass is 329 g/mol. The maximum atomic E-state index is 12.3. The van der Waals surface area contributed by atoms with E-state index < -0.39 is 9.84 Å². The Labute approximate surface area is 128 Å². The highest BCUT2D eigenvalue weighted by Crippen LogP contribution is 2.31. The van der Waals surface area contributed by atoms with Gasteiger partial charge in [0.25, 0.3) is 0 Å². The van der Waals surface area contributed by atoms with Crippen LogP contribution < -0.4 is 5.73 Å². The molecule has 6 heteroatoms. The summed E-state index contributed by atoms with van der Waals surface area (Å²) in [5, 5.41) is 0.285.